The molecule has 5 atom stereocenters. The summed E-state index contributed by atoms with van der Waals surface area (Å²) in [6, 6.07) is 6.66. The zero-order chi connectivity index (χ0) is 36.8. The van der Waals surface area contributed by atoms with E-state index < -0.39 is 17.6 Å². The Balaban J connectivity index is 1.71. The van der Waals surface area contributed by atoms with Crippen LogP contribution < -0.4 is 26.4 Å². The maximum absolute atomic E-state index is 12.3. The molecule has 0 aromatic heterocycles. The van der Waals surface area contributed by atoms with Crippen molar-refractivity contribution in [3.05, 3.63) is 29.8 Å². The summed E-state index contributed by atoms with van der Waals surface area (Å²) in [5.41, 5.74) is 4.92. The molecular formula is C32H51BN4O9S4. The first kappa shape index (κ1) is 44.4. The zero-order valence-electron chi connectivity index (χ0n) is 29.4. The molecule has 18 heteroatoms. The summed E-state index contributed by atoms with van der Waals surface area (Å²) in [6.45, 7) is 9.90. The molecule has 13 nitrogen and oxygen atoms in total. The van der Waals surface area contributed by atoms with Gasteiger partial charge in [0.1, 0.15) is 30.5 Å². The van der Waals surface area contributed by atoms with Gasteiger partial charge in [0.05, 0.1) is 32.5 Å². The molecule has 1 heterocycles. The van der Waals surface area contributed by atoms with Crippen LogP contribution in [0.25, 0.3) is 0 Å². The van der Waals surface area contributed by atoms with Crippen molar-refractivity contribution in [1.29, 1.82) is 0 Å². The highest BCUT2D eigenvalue weighted by molar-refractivity contribution is 8.77. The third kappa shape index (κ3) is 18.6. The molecule has 1 aliphatic rings. The van der Waals surface area contributed by atoms with Gasteiger partial charge in [-0.25, -0.2) is 0 Å². The van der Waals surface area contributed by atoms with Gasteiger partial charge in [-0.15, -0.1) is 0 Å². The van der Waals surface area contributed by atoms with Crippen LogP contribution in [0.1, 0.15) is 44.5 Å². The molecule has 0 radical (unpaired) electrons. The van der Waals surface area contributed by atoms with Crippen LogP contribution in [0.5, 0.6) is 5.75 Å². The number of nitrogens with two attached hydrogens (primary N) is 1. The van der Waals surface area contributed by atoms with E-state index in [0.29, 0.717) is 44.6 Å². The molecular weight excluding hydrogens is 723 g/mol. The first-order valence-corrected chi connectivity index (χ1v) is 21.2. The first-order chi connectivity index (χ1) is 24.0. The first-order valence-electron chi connectivity index (χ1n) is 16.4. The van der Waals surface area contributed by atoms with E-state index in [0.717, 1.165) is 0 Å². The Morgan fingerprint density at radius 3 is 2.68 bits per heavy atom. The zero-order valence-corrected chi connectivity index (χ0v) is 32.7. The van der Waals surface area contributed by atoms with Gasteiger partial charge in [0.15, 0.2) is 5.44 Å². The van der Waals surface area contributed by atoms with Gasteiger partial charge in [0.2, 0.25) is 13.2 Å². The number of aliphatic hydroxyl groups is 1. The quantitative estimate of drug-likeness (QED) is 0.0357. The molecule has 280 valence electrons. The molecule has 0 saturated carbocycles. The molecule has 0 aliphatic carbocycles. The number of ether oxygens (including phenoxy) is 5. The van der Waals surface area contributed by atoms with E-state index in [1.165, 1.54) is 21.6 Å². The van der Waals surface area contributed by atoms with Crippen LogP contribution in [0.3, 0.4) is 0 Å². The smallest absolute Gasteiger partial charge is 0.260 e. The van der Waals surface area contributed by atoms with Gasteiger partial charge >= 0.3 is 0 Å². The number of nitrogens with one attached hydrogen (secondary N) is 3. The highest BCUT2D eigenvalue weighted by Crippen LogP contribution is 2.38. The van der Waals surface area contributed by atoms with Crippen LogP contribution in [0.15, 0.2) is 24.3 Å². The van der Waals surface area contributed by atoms with Crippen LogP contribution in [0.2, 0.25) is 0 Å². The highest BCUT2D eigenvalue weighted by Gasteiger charge is 2.38. The predicted octanol–water partition coefficient (Wildman–Crippen LogP) is 1.77. The fraction of sp³-hybridized carbons (Fsp3) is 0.656. The fourth-order valence-corrected chi connectivity index (χ4v) is 7.84. The summed E-state index contributed by atoms with van der Waals surface area (Å²) in [7, 11) is 6.35. The van der Waals surface area contributed by atoms with Gasteiger partial charge in [0.25, 0.3) is 11.8 Å². The number of likely N-dealkylation sites (N-methyl/N-ethyl adjacent to an activating group) is 1. The van der Waals surface area contributed by atoms with Crippen LogP contribution >= 0.6 is 43.2 Å². The Kier molecular flexibility index (Phi) is 22.4. The number of carbonyl (C=O) groups excluding carboxylic acids is 3. The largest absolute Gasteiger partial charge is 0.490 e. The second kappa shape index (κ2) is 25.2. The maximum Gasteiger partial charge on any atom is 0.260 e. The van der Waals surface area contributed by atoms with Gasteiger partial charge in [-0.1, -0.05) is 75.9 Å². The topological polar surface area (TPSA) is 180 Å². The van der Waals surface area contributed by atoms with Crippen molar-refractivity contribution in [1.82, 2.24) is 16.0 Å². The number of carbonyl (C=O) groups is 3. The average molecular weight is 775 g/mol. The average Bonchev–Trinajstić information content (AvgIpc) is 3.48. The number of rotatable bonds is 23. The Morgan fingerprint density at radius 2 is 1.98 bits per heavy atom. The molecule has 0 bridgehead atoms. The number of benzene rings is 1. The Bertz CT molecular complexity index is 1240. The van der Waals surface area contributed by atoms with Crippen molar-refractivity contribution >= 4 is 68.2 Å². The highest BCUT2D eigenvalue weighted by atomic mass is 33.1. The Hall–Kier alpha value is -1.79. The minimum atomic E-state index is -0.708. The molecule has 1 aliphatic heterocycles. The van der Waals surface area contributed by atoms with Crippen molar-refractivity contribution in [2.75, 3.05) is 65.5 Å². The van der Waals surface area contributed by atoms with Crippen molar-refractivity contribution in [2.24, 2.45) is 5.73 Å². The van der Waals surface area contributed by atoms with Gasteiger partial charge in [-0.3, -0.25) is 14.4 Å². The van der Waals surface area contributed by atoms with E-state index in [9.17, 15) is 19.5 Å². The van der Waals surface area contributed by atoms with Crippen molar-refractivity contribution in [3.63, 3.8) is 0 Å². The van der Waals surface area contributed by atoms with Gasteiger partial charge in [-0.05, 0) is 37.8 Å². The lowest BCUT2D eigenvalue weighted by Gasteiger charge is -2.22. The van der Waals surface area contributed by atoms with E-state index in [4.69, 9.17) is 29.4 Å². The van der Waals surface area contributed by atoms with Crippen LogP contribution in [-0.2, 0) is 28.5 Å². The molecule has 1 aromatic rings. The molecule has 1 saturated heterocycles. The number of amides is 3. The molecule has 1 fully saturated rings. The van der Waals surface area contributed by atoms with Crippen LogP contribution in [-0.4, -0.2) is 129 Å². The van der Waals surface area contributed by atoms with Crippen molar-refractivity contribution < 1.29 is 43.2 Å². The summed E-state index contributed by atoms with van der Waals surface area (Å²) >= 11 is 0. The van der Waals surface area contributed by atoms with E-state index in [1.54, 1.807) is 45.9 Å². The molecule has 6 N–H and O–H groups in total. The SMILES string of the molecule is CCNC(=O)[C@@H](O[C@@H]1C[C@H](BC#CCNC(=O)COCCOC(COc2cccc(C(=O)NCCN)c2)SSC(C)(C)C)OC1CO)SSC. The number of aliphatic hydroxyl groups excluding tert-OH is 1. The van der Waals surface area contributed by atoms with E-state index in [2.05, 4.69) is 48.5 Å². The summed E-state index contributed by atoms with van der Waals surface area (Å²) < 4.78 is 29.3. The number of hydrogen-bond acceptors (Lipinski definition) is 14. The van der Waals surface area contributed by atoms with E-state index in [1.807, 2.05) is 13.2 Å². The molecule has 2 rings (SSSR count). The summed E-state index contributed by atoms with van der Waals surface area (Å²) in [4.78, 5) is 36.8. The van der Waals surface area contributed by atoms with Gasteiger partial charge in [0, 0.05) is 35.9 Å². The minimum Gasteiger partial charge on any atom is -0.490 e. The predicted molar refractivity (Wildman–Crippen MR) is 206 cm³/mol. The normalized spacial score (nSPS) is 18.3. The maximum atomic E-state index is 12.3. The number of hydrogen-bond donors (Lipinski definition) is 5. The second-order valence-corrected chi connectivity index (χ2v) is 17.5. The molecule has 2 unspecified atom stereocenters. The Morgan fingerprint density at radius 1 is 1.18 bits per heavy atom. The lowest BCUT2D eigenvalue weighted by Crippen LogP contribution is -2.39. The van der Waals surface area contributed by atoms with E-state index >= 15 is 0 Å². The summed E-state index contributed by atoms with van der Waals surface area (Å²) in [6.07, 6.45) is 1.39. The standard InChI is InChI=1S/C32H51BN4O9S4/c1-6-35-30(41)31(49-47-5)46-24-18-26(45-25(24)19-38)33-11-8-13-36-27(39)20-42-15-16-43-28(48-50-32(2,3)4)21-44-23-10-7-9-22(17-23)29(40)37-14-12-34/h7,9-10,17,24-26,28,31,33,38H,6,12-16,18-21,34H2,1-5H3,(H,35,41)(H,36,39)(H,37,40)/t24-,25?,26-,28?,31+/m1/s1. The van der Waals surface area contributed by atoms with Crippen molar-refractivity contribution in [2.45, 2.75) is 67.9 Å². The Labute approximate surface area is 312 Å². The third-order valence-corrected chi connectivity index (χ3v) is 11.7. The van der Waals surface area contributed by atoms with E-state index in [-0.39, 0.29) is 73.5 Å². The lowest BCUT2D eigenvalue weighted by atomic mass is 9.71. The molecule has 3 amide bonds. The van der Waals surface area contributed by atoms with Crippen LogP contribution in [0.4, 0.5) is 0 Å². The monoisotopic (exact) mass is 774 g/mol. The molecule has 50 heavy (non-hydrogen) atoms. The second-order valence-electron chi connectivity index (χ2n) is 11.7. The molecule has 0 spiro atoms. The van der Waals surface area contributed by atoms with Gasteiger partial charge < -0.3 is 50.5 Å². The van der Waals surface area contributed by atoms with Crippen molar-refractivity contribution in [3.8, 4) is 17.5 Å². The summed E-state index contributed by atoms with van der Waals surface area (Å²) in [5.74, 6) is 5.73. The summed E-state index contributed by atoms with van der Waals surface area (Å²) in [5, 5.41) is 18.0. The lowest BCUT2D eigenvalue weighted by molar-refractivity contribution is -0.132. The fourth-order valence-electron chi connectivity index (χ4n) is 4.19. The third-order valence-electron chi connectivity index (χ3n) is 6.42. The minimum absolute atomic E-state index is 0.00252. The van der Waals surface area contributed by atoms with Gasteiger partial charge in [-0.2, -0.15) is 5.82 Å². The molecule has 1 aromatic carbocycles. The van der Waals surface area contributed by atoms with Crippen LogP contribution in [0, 0.1) is 11.7 Å².